The average Bonchev–Trinajstić information content (AvgIpc) is 2.39. The third-order valence-electron chi connectivity index (χ3n) is 4.27. The van der Waals surface area contributed by atoms with Crippen LogP contribution in [-0.2, 0) is 0 Å². The van der Waals surface area contributed by atoms with E-state index in [2.05, 4.69) is 37.8 Å². The van der Waals surface area contributed by atoms with Gasteiger partial charge >= 0.3 is 0 Å². The van der Waals surface area contributed by atoms with E-state index in [1.54, 1.807) is 0 Å². The Kier molecular flexibility index (Phi) is 3.68. The molecule has 0 amide bonds. The molecule has 1 saturated carbocycles. The molecule has 1 N–H and O–H groups in total. The summed E-state index contributed by atoms with van der Waals surface area (Å²) in [5.41, 5.74) is 0.657. The van der Waals surface area contributed by atoms with Crippen LogP contribution in [0.4, 0.5) is 0 Å². The van der Waals surface area contributed by atoms with Crippen LogP contribution >= 0.6 is 0 Å². The van der Waals surface area contributed by atoms with E-state index in [9.17, 15) is 5.11 Å². The fourth-order valence-electron chi connectivity index (χ4n) is 3.07. The highest BCUT2D eigenvalue weighted by Crippen LogP contribution is 2.45. The zero-order valence-electron chi connectivity index (χ0n) is 10.6. The van der Waals surface area contributed by atoms with E-state index >= 15 is 0 Å². The molecule has 1 aliphatic rings. The Morgan fingerprint density at radius 3 is 2.71 bits per heavy atom. The van der Waals surface area contributed by atoms with Gasteiger partial charge in [-0.1, -0.05) is 56.2 Å². The number of benzene rings is 1. The molecule has 1 heteroatoms. The fourth-order valence-corrected chi connectivity index (χ4v) is 3.07. The maximum atomic E-state index is 11.0. The summed E-state index contributed by atoms with van der Waals surface area (Å²) in [4.78, 5) is 0. The minimum Gasteiger partial charge on any atom is -0.389 e. The molecule has 1 fully saturated rings. The molecule has 92 valence electrons. The summed E-state index contributed by atoms with van der Waals surface area (Å²) in [6, 6.07) is 10.4. The molecule has 17 heavy (non-hydrogen) atoms. The summed E-state index contributed by atoms with van der Waals surface area (Å²) in [5, 5.41) is 11.0. The van der Waals surface area contributed by atoms with Crippen molar-refractivity contribution in [3.05, 3.63) is 48.6 Å². The smallest absolute Gasteiger partial charge is 0.0775 e. The first-order valence-electron chi connectivity index (χ1n) is 6.58. The molecule has 2 rings (SSSR count). The van der Waals surface area contributed by atoms with E-state index in [-0.39, 0.29) is 11.8 Å². The Bertz CT molecular complexity index is 370. The van der Waals surface area contributed by atoms with E-state index < -0.39 is 5.60 Å². The van der Waals surface area contributed by atoms with Crippen LogP contribution in [0.25, 0.3) is 0 Å². The van der Waals surface area contributed by atoms with Crippen LogP contribution in [0.3, 0.4) is 0 Å². The molecule has 1 aliphatic carbocycles. The predicted molar refractivity (Wildman–Crippen MR) is 72.0 cm³/mol. The molecule has 0 bridgehead atoms. The van der Waals surface area contributed by atoms with Crippen molar-refractivity contribution in [1.29, 1.82) is 0 Å². The third kappa shape index (κ3) is 2.30. The van der Waals surface area contributed by atoms with Gasteiger partial charge in [0.2, 0.25) is 0 Å². The van der Waals surface area contributed by atoms with Gasteiger partial charge in [-0.25, -0.2) is 0 Å². The molecule has 0 heterocycles. The van der Waals surface area contributed by atoms with Crippen molar-refractivity contribution in [2.75, 3.05) is 0 Å². The number of hydrogen-bond acceptors (Lipinski definition) is 1. The first-order chi connectivity index (χ1) is 8.18. The normalized spacial score (nSPS) is 30.8. The quantitative estimate of drug-likeness (QED) is 0.781. The lowest BCUT2D eigenvalue weighted by Crippen LogP contribution is -2.44. The molecule has 0 spiro atoms. The van der Waals surface area contributed by atoms with Gasteiger partial charge in [-0.15, -0.1) is 6.58 Å². The molecule has 0 unspecified atom stereocenters. The second kappa shape index (κ2) is 5.05. The summed E-state index contributed by atoms with van der Waals surface area (Å²) >= 11 is 0. The van der Waals surface area contributed by atoms with Crippen molar-refractivity contribution in [3.63, 3.8) is 0 Å². The standard InChI is InChI=1S/C16H22O/c1-3-13(2)16(17)12-8-7-11-15(16)14-9-5-4-6-10-14/h3-6,9-10,13,15,17H,1,7-8,11-12H2,2H3/t13-,15+,16-/m1/s1. The summed E-state index contributed by atoms with van der Waals surface area (Å²) in [5.74, 6) is 0.401. The Morgan fingerprint density at radius 1 is 1.35 bits per heavy atom. The highest BCUT2D eigenvalue weighted by molar-refractivity contribution is 5.25. The lowest BCUT2D eigenvalue weighted by atomic mass is 9.66. The maximum absolute atomic E-state index is 11.0. The van der Waals surface area contributed by atoms with Crippen molar-refractivity contribution in [2.45, 2.75) is 44.1 Å². The summed E-state index contributed by atoms with van der Waals surface area (Å²) < 4.78 is 0. The van der Waals surface area contributed by atoms with Gasteiger partial charge in [0, 0.05) is 11.8 Å². The second-order valence-electron chi connectivity index (χ2n) is 5.22. The van der Waals surface area contributed by atoms with Crippen LogP contribution in [0.15, 0.2) is 43.0 Å². The van der Waals surface area contributed by atoms with Gasteiger partial charge in [0.25, 0.3) is 0 Å². The van der Waals surface area contributed by atoms with E-state index in [0.717, 1.165) is 19.3 Å². The summed E-state index contributed by atoms with van der Waals surface area (Å²) in [6.45, 7) is 5.93. The zero-order chi connectivity index (χ0) is 12.3. The molecule has 0 aliphatic heterocycles. The highest BCUT2D eigenvalue weighted by Gasteiger charge is 2.42. The molecule has 1 nitrogen and oxygen atoms in total. The molecule has 0 saturated heterocycles. The molecule has 0 aromatic heterocycles. The van der Waals surface area contributed by atoms with Crippen molar-refractivity contribution in [3.8, 4) is 0 Å². The monoisotopic (exact) mass is 230 g/mol. The Balaban J connectivity index is 2.32. The van der Waals surface area contributed by atoms with Gasteiger partial charge < -0.3 is 5.11 Å². The Labute approximate surface area is 104 Å². The van der Waals surface area contributed by atoms with Gasteiger partial charge in [0.1, 0.15) is 0 Å². The minimum absolute atomic E-state index is 0.146. The summed E-state index contributed by atoms with van der Waals surface area (Å²) in [7, 11) is 0. The van der Waals surface area contributed by atoms with Crippen molar-refractivity contribution in [2.24, 2.45) is 5.92 Å². The van der Waals surface area contributed by atoms with Gasteiger partial charge in [0.05, 0.1) is 5.60 Å². The van der Waals surface area contributed by atoms with Crippen LogP contribution in [0.2, 0.25) is 0 Å². The second-order valence-corrected chi connectivity index (χ2v) is 5.22. The lowest BCUT2D eigenvalue weighted by molar-refractivity contribution is -0.0470. The first-order valence-corrected chi connectivity index (χ1v) is 6.58. The van der Waals surface area contributed by atoms with Crippen LogP contribution < -0.4 is 0 Å². The number of rotatable bonds is 3. The third-order valence-corrected chi connectivity index (χ3v) is 4.27. The van der Waals surface area contributed by atoms with Gasteiger partial charge in [0.15, 0.2) is 0 Å². The molecular weight excluding hydrogens is 208 g/mol. The van der Waals surface area contributed by atoms with Gasteiger partial charge in [-0.3, -0.25) is 0 Å². The topological polar surface area (TPSA) is 20.2 Å². The highest BCUT2D eigenvalue weighted by atomic mass is 16.3. The van der Waals surface area contributed by atoms with Gasteiger partial charge in [-0.2, -0.15) is 0 Å². The van der Waals surface area contributed by atoms with Gasteiger partial charge in [-0.05, 0) is 18.4 Å². The van der Waals surface area contributed by atoms with E-state index in [4.69, 9.17) is 0 Å². The van der Waals surface area contributed by atoms with Crippen LogP contribution in [-0.4, -0.2) is 10.7 Å². The minimum atomic E-state index is -0.610. The SMILES string of the molecule is C=C[C@@H](C)[C@]1(O)CCCC[C@H]1c1ccccc1. The van der Waals surface area contributed by atoms with Crippen LogP contribution in [0.1, 0.15) is 44.1 Å². The maximum Gasteiger partial charge on any atom is 0.0775 e. The Hall–Kier alpha value is -1.08. The van der Waals surface area contributed by atoms with Crippen LogP contribution in [0, 0.1) is 5.92 Å². The van der Waals surface area contributed by atoms with E-state index in [0.29, 0.717) is 0 Å². The molecule has 1 aromatic carbocycles. The largest absolute Gasteiger partial charge is 0.389 e. The lowest BCUT2D eigenvalue weighted by Gasteiger charge is -2.43. The first kappa shape index (κ1) is 12.4. The number of hydrogen-bond donors (Lipinski definition) is 1. The van der Waals surface area contributed by atoms with Crippen LogP contribution in [0.5, 0.6) is 0 Å². The molecular formula is C16H22O. The molecule has 3 atom stereocenters. The number of aliphatic hydroxyl groups is 1. The van der Waals surface area contributed by atoms with E-state index in [1.807, 2.05) is 12.1 Å². The predicted octanol–water partition coefficient (Wildman–Crippen LogP) is 3.90. The fraction of sp³-hybridized carbons (Fsp3) is 0.500. The molecule has 1 aromatic rings. The van der Waals surface area contributed by atoms with Crippen molar-refractivity contribution < 1.29 is 5.11 Å². The summed E-state index contributed by atoms with van der Waals surface area (Å²) in [6.07, 6.45) is 6.20. The molecule has 0 radical (unpaired) electrons. The van der Waals surface area contributed by atoms with Crippen molar-refractivity contribution >= 4 is 0 Å². The Morgan fingerprint density at radius 2 is 2.06 bits per heavy atom. The van der Waals surface area contributed by atoms with Crippen molar-refractivity contribution in [1.82, 2.24) is 0 Å². The average molecular weight is 230 g/mol. The zero-order valence-corrected chi connectivity index (χ0v) is 10.6. The van der Waals surface area contributed by atoms with E-state index in [1.165, 1.54) is 12.0 Å².